The van der Waals surface area contributed by atoms with E-state index in [-0.39, 0.29) is 24.3 Å². The fraction of sp³-hybridized carbons (Fsp3) is 0.636. The Morgan fingerprint density at radius 2 is 2.50 bits per heavy atom. The number of aromatic nitrogens is 2. The van der Waals surface area contributed by atoms with E-state index in [4.69, 9.17) is 21.4 Å². The van der Waals surface area contributed by atoms with Gasteiger partial charge in [-0.1, -0.05) is 0 Å². The van der Waals surface area contributed by atoms with Gasteiger partial charge in [0.05, 0.1) is 36.4 Å². The summed E-state index contributed by atoms with van der Waals surface area (Å²) < 4.78 is 7.57. The molecule has 98 valence electrons. The molecule has 3 heterocycles. The first-order chi connectivity index (χ1) is 8.79. The second-order valence-electron chi connectivity index (χ2n) is 4.47. The molecule has 3 atom stereocenters. The molecule has 18 heavy (non-hydrogen) atoms. The molecule has 0 saturated carbocycles. The second-order valence-corrected chi connectivity index (χ2v) is 5.03. The summed E-state index contributed by atoms with van der Waals surface area (Å²) in [6.45, 7) is 0.810. The minimum atomic E-state index is -0.310. The lowest BCUT2D eigenvalue weighted by atomic mass is 10.2. The number of hydrogen-bond donors (Lipinski definition) is 2. The number of rotatable bonds is 2. The van der Waals surface area contributed by atoms with Gasteiger partial charge in [-0.3, -0.25) is 4.57 Å². The molecule has 2 aliphatic rings. The van der Waals surface area contributed by atoms with Gasteiger partial charge >= 0.3 is 0 Å². The van der Waals surface area contributed by atoms with Crippen LogP contribution in [0.1, 0.15) is 18.3 Å². The number of hydrogen-bond acceptors (Lipinski definition) is 5. The van der Waals surface area contributed by atoms with Gasteiger partial charge in [-0.25, -0.2) is 9.98 Å². The van der Waals surface area contributed by atoms with Crippen molar-refractivity contribution in [2.24, 2.45) is 4.99 Å². The molecule has 0 bridgehead atoms. The number of aliphatic hydroxyl groups is 1. The summed E-state index contributed by atoms with van der Waals surface area (Å²) in [7, 11) is 0. The van der Waals surface area contributed by atoms with E-state index in [1.165, 1.54) is 0 Å². The quantitative estimate of drug-likeness (QED) is 0.771. The van der Waals surface area contributed by atoms with Gasteiger partial charge in [0.2, 0.25) is 0 Å². The highest BCUT2D eigenvalue weighted by Crippen LogP contribution is 2.36. The van der Waals surface area contributed by atoms with E-state index < -0.39 is 0 Å². The maximum Gasteiger partial charge on any atom is 0.159 e. The highest BCUT2D eigenvalue weighted by Gasteiger charge is 2.36. The van der Waals surface area contributed by atoms with Gasteiger partial charge in [0.25, 0.3) is 0 Å². The van der Waals surface area contributed by atoms with Crippen LogP contribution in [0.4, 0.5) is 5.82 Å². The van der Waals surface area contributed by atoms with Gasteiger partial charge < -0.3 is 15.2 Å². The summed E-state index contributed by atoms with van der Waals surface area (Å²) in [5.74, 6) is 0.786. The highest BCUT2D eigenvalue weighted by atomic mass is 35.5. The van der Waals surface area contributed by atoms with Gasteiger partial charge in [-0.15, -0.1) is 11.6 Å². The summed E-state index contributed by atoms with van der Waals surface area (Å²) in [4.78, 5) is 8.69. The van der Waals surface area contributed by atoms with Gasteiger partial charge in [0, 0.05) is 13.0 Å². The molecule has 6 nitrogen and oxygen atoms in total. The fourth-order valence-electron chi connectivity index (χ4n) is 2.32. The smallest absolute Gasteiger partial charge is 0.159 e. The Labute approximate surface area is 110 Å². The zero-order valence-corrected chi connectivity index (χ0v) is 10.5. The lowest BCUT2D eigenvalue weighted by Gasteiger charge is -2.17. The number of alkyl halides is 1. The lowest BCUT2D eigenvalue weighted by Crippen LogP contribution is -2.16. The Morgan fingerprint density at radius 1 is 1.61 bits per heavy atom. The Bertz CT molecular complexity index is 462. The first-order valence-corrected chi connectivity index (χ1v) is 6.45. The number of nitrogens with zero attached hydrogens (tertiary/aromatic N) is 3. The van der Waals surface area contributed by atoms with Crippen LogP contribution in [0, 0.1) is 0 Å². The predicted molar refractivity (Wildman–Crippen MR) is 67.3 cm³/mol. The van der Waals surface area contributed by atoms with Crippen LogP contribution in [-0.2, 0) is 11.2 Å². The van der Waals surface area contributed by atoms with Crippen LogP contribution in [0.5, 0.6) is 0 Å². The summed E-state index contributed by atoms with van der Waals surface area (Å²) in [6, 6.07) is 0. The summed E-state index contributed by atoms with van der Waals surface area (Å²) in [5, 5.41) is 12.0. The van der Waals surface area contributed by atoms with Crippen LogP contribution < -0.4 is 5.32 Å². The van der Waals surface area contributed by atoms with Crippen LogP contribution in [0.2, 0.25) is 0 Å². The van der Waals surface area contributed by atoms with Crippen molar-refractivity contribution in [3.63, 3.8) is 0 Å². The maximum atomic E-state index is 9.13. The zero-order valence-electron chi connectivity index (χ0n) is 9.79. The van der Waals surface area contributed by atoms with Crippen molar-refractivity contribution in [1.82, 2.24) is 14.9 Å². The maximum absolute atomic E-state index is 9.13. The van der Waals surface area contributed by atoms with Gasteiger partial charge in [-0.05, 0) is 6.42 Å². The third kappa shape index (κ3) is 2.00. The summed E-state index contributed by atoms with van der Waals surface area (Å²) >= 11 is 6.27. The van der Waals surface area contributed by atoms with E-state index in [1.54, 1.807) is 12.7 Å². The topological polar surface area (TPSA) is 71.7 Å². The number of nitrogens with one attached hydrogen (secondary N) is 1. The third-order valence-corrected chi connectivity index (χ3v) is 3.63. The monoisotopic (exact) mass is 270 g/mol. The first kappa shape index (κ1) is 12.0. The van der Waals surface area contributed by atoms with Crippen molar-refractivity contribution in [3.8, 4) is 0 Å². The Kier molecular flexibility index (Phi) is 3.23. The van der Waals surface area contributed by atoms with Crippen LogP contribution in [0.25, 0.3) is 0 Å². The molecular weight excluding hydrogens is 256 g/mol. The van der Waals surface area contributed by atoms with Crippen molar-refractivity contribution >= 4 is 23.8 Å². The zero-order chi connectivity index (χ0) is 12.5. The van der Waals surface area contributed by atoms with Gasteiger partial charge in [-0.2, -0.15) is 0 Å². The average Bonchev–Trinajstić information content (AvgIpc) is 2.85. The van der Waals surface area contributed by atoms with E-state index in [2.05, 4.69) is 15.3 Å². The fourth-order valence-corrected chi connectivity index (χ4v) is 2.70. The van der Waals surface area contributed by atoms with Crippen molar-refractivity contribution < 1.29 is 9.84 Å². The Hall–Kier alpha value is -1.11. The van der Waals surface area contributed by atoms with E-state index in [1.807, 2.05) is 4.57 Å². The molecule has 7 heteroatoms. The number of aliphatic hydroxyl groups excluding tert-OH is 1. The number of imidazole rings is 1. The molecule has 1 saturated heterocycles. The number of halogens is 1. The summed E-state index contributed by atoms with van der Waals surface area (Å²) in [5.41, 5.74) is 0.941. The molecule has 0 aliphatic carbocycles. The average molecular weight is 271 g/mol. The van der Waals surface area contributed by atoms with E-state index in [9.17, 15) is 0 Å². The number of aliphatic imine (C=N–C) groups is 1. The van der Waals surface area contributed by atoms with Crippen LogP contribution >= 0.6 is 11.6 Å². The van der Waals surface area contributed by atoms with Crippen molar-refractivity contribution in [2.45, 2.75) is 30.6 Å². The SMILES string of the molecule is OC[C@@H]1CC(Cl)[C@H](n2cnc3c2N=CNCC3)O1. The van der Waals surface area contributed by atoms with Crippen molar-refractivity contribution in [1.29, 1.82) is 0 Å². The van der Waals surface area contributed by atoms with Crippen molar-refractivity contribution in [3.05, 3.63) is 12.0 Å². The molecule has 1 fully saturated rings. The molecule has 1 aromatic rings. The molecule has 0 aromatic carbocycles. The third-order valence-electron chi connectivity index (χ3n) is 3.23. The van der Waals surface area contributed by atoms with Crippen LogP contribution in [0.3, 0.4) is 0 Å². The van der Waals surface area contributed by atoms with E-state index >= 15 is 0 Å². The molecule has 0 radical (unpaired) electrons. The molecule has 2 N–H and O–H groups in total. The minimum absolute atomic E-state index is 0.0125. The van der Waals surface area contributed by atoms with Gasteiger partial charge in [0.1, 0.15) is 0 Å². The van der Waals surface area contributed by atoms with E-state index in [0.29, 0.717) is 6.42 Å². The highest BCUT2D eigenvalue weighted by molar-refractivity contribution is 6.21. The van der Waals surface area contributed by atoms with E-state index in [0.717, 1.165) is 24.5 Å². The first-order valence-electron chi connectivity index (χ1n) is 6.01. The van der Waals surface area contributed by atoms with Gasteiger partial charge in [0.15, 0.2) is 12.0 Å². The number of ether oxygens (including phenoxy) is 1. The predicted octanol–water partition coefficient (Wildman–Crippen LogP) is 0.576. The molecule has 1 aromatic heterocycles. The summed E-state index contributed by atoms with van der Waals surface area (Å²) in [6.07, 6.45) is 4.33. The molecule has 0 amide bonds. The lowest BCUT2D eigenvalue weighted by molar-refractivity contribution is -0.0208. The largest absolute Gasteiger partial charge is 0.394 e. The minimum Gasteiger partial charge on any atom is -0.394 e. The van der Waals surface area contributed by atoms with Crippen LogP contribution in [-0.4, -0.2) is 45.6 Å². The Morgan fingerprint density at radius 3 is 3.28 bits per heavy atom. The molecule has 2 aliphatic heterocycles. The number of fused-ring (bicyclic) bond motifs is 1. The normalized spacial score (nSPS) is 30.9. The second kappa shape index (κ2) is 4.87. The van der Waals surface area contributed by atoms with Crippen LogP contribution in [0.15, 0.2) is 11.3 Å². The Balaban J connectivity index is 1.91. The molecule has 3 rings (SSSR count). The molecular formula is C11H15ClN4O2. The standard InChI is InChI=1S/C11H15ClN4O2/c12-8-3-7(4-17)18-11(8)16-6-15-9-1-2-13-5-14-10(9)16/h5-8,11,17H,1-4H2,(H,13,14)/t7-,8?,11+/m0/s1. The molecule has 1 unspecified atom stereocenters. The molecule has 0 spiro atoms. The van der Waals surface area contributed by atoms with Crippen molar-refractivity contribution in [2.75, 3.05) is 13.2 Å².